The summed E-state index contributed by atoms with van der Waals surface area (Å²) in [6.07, 6.45) is 4.98. The molecule has 4 N–H and O–H groups in total. The molecule has 0 saturated heterocycles. The summed E-state index contributed by atoms with van der Waals surface area (Å²) in [6.45, 7) is 0. The van der Waals surface area contributed by atoms with Crippen molar-refractivity contribution in [1.29, 1.82) is 0 Å². The van der Waals surface area contributed by atoms with Crippen molar-refractivity contribution in [2.75, 3.05) is 10.7 Å². The van der Waals surface area contributed by atoms with Gasteiger partial charge in [-0.3, -0.25) is 4.79 Å². The number of hydrogen-bond acceptors (Lipinski definition) is 4. The normalized spacial score (nSPS) is 12.8. The summed E-state index contributed by atoms with van der Waals surface area (Å²) in [7, 11) is 0. The summed E-state index contributed by atoms with van der Waals surface area (Å²) in [6, 6.07) is 9.37. The maximum absolute atomic E-state index is 12.2. The lowest BCUT2D eigenvalue weighted by Crippen LogP contribution is -2.14. The zero-order chi connectivity index (χ0) is 13.9. The molecule has 102 valence electrons. The van der Waals surface area contributed by atoms with Gasteiger partial charge in [0.05, 0.1) is 0 Å². The zero-order valence-corrected chi connectivity index (χ0v) is 11.0. The van der Waals surface area contributed by atoms with Crippen molar-refractivity contribution >= 4 is 17.4 Å². The van der Waals surface area contributed by atoms with Gasteiger partial charge in [0.2, 0.25) is 0 Å². The van der Waals surface area contributed by atoms with Crippen LogP contribution in [0.15, 0.2) is 36.5 Å². The molecule has 0 saturated carbocycles. The molecule has 1 amide bonds. The van der Waals surface area contributed by atoms with Crippen molar-refractivity contribution in [3.8, 4) is 0 Å². The Balaban J connectivity index is 1.78. The largest absolute Gasteiger partial charge is 0.322 e. The average Bonchev–Trinajstić information content (AvgIpc) is 2.95. The number of anilines is 2. The summed E-state index contributed by atoms with van der Waals surface area (Å²) in [5.74, 6) is 5.59. The monoisotopic (exact) mass is 268 g/mol. The lowest BCUT2D eigenvalue weighted by molar-refractivity contribution is 0.102. The fraction of sp³-hybridized carbons (Fsp3) is 0.200. The predicted octanol–water partition coefficient (Wildman–Crippen LogP) is 2.11. The van der Waals surface area contributed by atoms with Crippen LogP contribution in [-0.4, -0.2) is 10.9 Å². The molecule has 0 atom stereocenters. The summed E-state index contributed by atoms with van der Waals surface area (Å²) in [5.41, 5.74) is 6.50. The molecule has 20 heavy (non-hydrogen) atoms. The number of aryl methyl sites for hydroxylation is 2. The number of benzene rings is 1. The molecule has 0 radical (unpaired) electrons. The molecule has 5 heteroatoms. The Morgan fingerprint density at radius 2 is 2.00 bits per heavy atom. The highest BCUT2D eigenvalue weighted by Gasteiger charge is 2.12. The number of nitrogen functional groups attached to an aromatic ring is 1. The number of nitrogens with zero attached hydrogens (tertiary/aromatic N) is 1. The van der Waals surface area contributed by atoms with Crippen LogP contribution in [0.2, 0.25) is 0 Å². The van der Waals surface area contributed by atoms with E-state index >= 15 is 0 Å². The number of fused-ring (bicyclic) bond motifs is 1. The van der Waals surface area contributed by atoms with Crippen LogP contribution in [0, 0.1) is 0 Å². The molecule has 3 rings (SSSR count). The first-order valence-electron chi connectivity index (χ1n) is 6.62. The van der Waals surface area contributed by atoms with Crippen LogP contribution in [0.3, 0.4) is 0 Å². The number of aromatic nitrogens is 1. The number of carbonyl (C=O) groups excluding carboxylic acids is 1. The van der Waals surface area contributed by atoms with Gasteiger partial charge in [-0.05, 0) is 54.7 Å². The second-order valence-corrected chi connectivity index (χ2v) is 4.87. The maximum atomic E-state index is 12.2. The van der Waals surface area contributed by atoms with Gasteiger partial charge in [0, 0.05) is 17.4 Å². The molecule has 1 aromatic carbocycles. The highest BCUT2D eigenvalue weighted by atomic mass is 16.1. The molecule has 1 heterocycles. The number of pyridine rings is 1. The summed E-state index contributed by atoms with van der Waals surface area (Å²) >= 11 is 0. The van der Waals surface area contributed by atoms with Gasteiger partial charge < -0.3 is 10.7 Å². The van der Waals surface area contributed by atoms with Crippen LogP contribution >= 0.6 is 0 Å². The first-order chi connectivity index (χ1) is 9.76. The molecule has 0 bridgehead atoms. The molecule has 5 nitrogen and oxygen atoms in total. The Kier molecular flexibility index (Phi) is 3.35. The fourth-order valence-electron chi connectivity index (χ4n) is 2.50. The third kappa shape index (κ3) is 2.48. The van der Waals surface area contributed by atoms with Gasteiger partial charge in [-0.25, -0.2) is 10.8 Å². The molecular formula is C15H16N4O. The first kappa shape index (κ1) is 12.6. The molecule has 1 aliphatic carbocycles. The van der Waals surface area contributed by atoms with Crippen molar-refractivity contribution in [1.82, 2.24) is 4.98 Å². The molecule has 0 aliphatic heterocycles. The van der Waals surface area contributed by atoms with Crippen molar-refractivity contribution in [2.24, 2.45) is 5.84 Å². The number of rotatable bonds is 3. The van der Waals surface area contributed by atoms with Gasteiger partial charge >= 0.3 is 0 Å². The lowest BCUT2D eigenvalue weighted by Gasteiger charge is -2.08. The molecule has 1 aromatic heterocycles. The van der Waals surface area contributed by atoms with Crippen LogP contribution in [0.25, 0.3) is 0 Å². The first-order valence-corrected chi connectivity index (χ1v) is 6.62. The highest BCUT2D eigenvalue weighted by Crippen LogP contribution is 2.25. The maximum Gasteiger partial charge on any atom is 0.255 e. The van der Waals surface area contributed by atoms with Gasteiger partial charge in [-0.1, -0.05) is 6.07 Å². The van der Waals surface area contributed by atoms with Crippen molar-refractivity contribution in [3.05, 3.63) is 53.2 Å². The summed E-state index contributed by atoms with van der Waals surface area (Å²) < 4.78 is 0. The summed E-state index contributed by atoms with van der Waals surface area (Å²) in [4.78, 5) is 16.2. The number of hydrogen-bond donors (Lipinski definition) is 3. The van der Waals surface area contributed by atoms with E-state index in [4.69, 9.17) is 5.84 Å². The molecule has 0 fully saturated rings. The van der Waals surface area contributed by atoms with E-state index in [1.54, 1.807) is 18.3 Å². The minimum absolute atomic E-state index is 0.165. The standard InChI is InChI=1S/C15H16N4O/c16-19-14-9-12(6-7-17-14)15(20)18-13-5-4-10-2-1-3-11(10)8-13/h4-9H,1-3,16H2,(H,17,19)(H,18,20). The van der Waals surface area contributed by atoms with Gasteiger partial charge in [0.1, 0.15) is 5.82 Å². The van der Waals surface area contributed by atoms with Gasteiger partial charge in [0.25, 0.3) is 5.91 Å². The fourth-order valence-corrected chi connectivity index (χ4v) is 2.50. The number of amides is 1. The predicted molar refractivity (Wildman–Crippen MR) is 78.5 cm³/mol. The van der Waals surface area contributed by atoms with Gasteiger partial charge in [0.15, 0.2) is 0 Å². The van der Waals surface area contributed by atoms with Crippen molar-refractivity contribution in [2.45, 2.75) is 19.3 Å². The third-order valence-electron chi connectivity index (χ3n) is 3.53. The highest BCUT2D eigenvalue weighted by molar-refractivity contribution is 6.04. The second kappa shape index (κ2) is 5.30. The minimum Gasteiger partial charge on any atom is -0.322 e. The average molecular weight is 268 g/mol. The van der Waals surface area contributed by atoms with E-state index in [0.29, 0.717) is 11.4 Å². The second-order valence-electron chi connectivity index (χ2n) is 4.87. The molecular weight excluding hydrogens is 252 g/mol. The van der Waals surface area contributed by atoms with Gasteiger partial charge in [-0.2, -0.15) is 0 Å². The van der Waals surface area contributed by atoms with E-state index in [0.717, 1.165) is 18.5 Å². The van der Waals surface area contributed by atoms with Crippen LogP contribution in [0.5, 0.6) is 0 Å². The summed E-state index contributed by atoms with van der Waals surface area (Å²) in [5, 5.41) is 2.90. The lowest BCUT2D eigenvalue weighted by atomic mass is 10.1. The van der Waals surface area contributed by atoms with E-state index in [2.05, 4.69) is 27.9 Å². The van der Waals surface area contributed by atoms with E-state index in [1.807, 2.05) is 6.07 Å². The quantitative estimate of drug-likeness (QED) is 0.588. The number of nitrogens with one attached hydrogen (secondary N) is 2. The molecule has 0 unspecified atom stereocenters. The zero-order valence-electron chi connectivity index (χ0n) is 11.0. The SMILES string of the molecule is NNc1cc(C(=O)Nc2ccc3c(c2)CCC3)ccn1. The Bertz CT molecular complexity index is 654. The number of carbonyl (C=O) groups is 1. The van der Waals surface area contributed by atoms with Gasteiger partial charge in [-0.15, -0.1) is 0 Å². The smallest absolute Gasteiger partial charge is 0.255 e. The number of hydrazine groups is 1. The van der Waals surface area contributed by atoms with E-state index in [1.165, 1.54) is 17.5 Å². The van der Waals surface area contributed by atoms with E-state index in [9.17, 15) is 4.79 Å². The van der Waals surface area contributed by atoms with Crippen LogP contribution < -0.4 is 16.6 Å². The number of nitrogens with two attached hydrogens (primary N) is 1. The molecule has 0 spiro atoms. The van der Waals surface area contributed by atoms with E-state index in [-0.39, 0.29) is 5.91 Å². The van der Waals surface area contributed by atoms with Crippen LogP contribution in [0.4, 0.5) is 11.5 Å². The van der Waals surface area contributed by atoms with Crippen molar-refractivity contribution < 1.29 is 4.79 Å². The van der Waals surface area contributed by atoms with Crippen LogP contribution in [0.1, 0.15) is 27.9 Å². The Morgan fingerprint density at radius 3 is 2.85 bits per heavy atom. The van der Waals surface area contributed by atoms with Crippen molar-refractivity contribution in [3.63, 3.8) is 0 Å². The molecule has 1 aliphatic rings. The van der Waals surface area contributed by atoms with E-state index < -0.39 is 0 Å². The Morgan fingerprint density at radius 1 is 1.15 bits per heavy atom. The minimum atomic E-state index is -0.165. The van der Waals surface area contributed by atoms with Crippen LogP contribution in [-0.2, 0) is 12.8 Å². The molecule has 2 aromatic rings. The Hall–Kier alpha value is -2.40. The Labute approximate surface area is 117 Å². The topological polar surface area (TPSA) is 80.0 Å². The third-order valence-corrected chi connectivity index (χ3v) is 3.53.